The van der Waals surface area contributed by atoms with Crippen LogP contribution in [0.25, 0.3) is 20.9 Å². The van der Waals surface area contributed by atoms with Gasteiger partial charge in [0.05, 0.1) is 9.04 Å². The molecule has 0 aromatic heterocycles. The molecule has 0 aliphatic rings. The first kappa shape index (κ1) is 11.5. The van der Waals surface area contributed by atoms with Gasteiger partial charge in [0.15, 0.2) is 0 Å². The van der Waals surface area contributed by atoms with E-state index in [2.05, 4.69) is 3.63 Å². The van der Waals surface area contributed by atoms with Gasteiger partial charge in [0, 0.05) is 9.82 Å². The summed E-state index contributed by atoms with van der Waals surface area (Å²) in [6.07, 6.45) is 0. The van der Waals surface area contributed by atoms with Gasteiger partial charge in [-0.3, -0.25) is 0 Å². The minimum absolute atomic E-state index is 1.76. The predicted octanol–water partition coefficient (Wildman–Crippen LogP) is 0.113. The van der Waals surface area contributed by atoms with Crippen LogP contribution in [0.1, 0.15) is 0 Å². The van der Waals surface area contributed by atoms with Crippen LogP contribution in [0.5, 0.6) is 0 Å². The van der Waals surface area contributed by atoms with Crippen LogP contribution in [0, 0.1) is 0 Å². The summed E-state index contributed by atoms with van der Waals surface area (Å²) in [7, 11) is -9.91. The van der Waals surface area contributed by atoms with Crippen molar-refractivity contribution in [1.29, 1.82) is 0 Å². The summed E-state index contributed by atoms with van der Waals surface area (Å²) in [6.45, 7) is 0. The summed E-state index contributed by atoms with van der Waals surface area (Å²) < 4.78 is 48.5. The van der Waals surface area contributed by atoms with Crippen molar-refractivity contribution in [3.8, 4) is 0 Å². The van der Waals surface area contributed by atoms with Crippen LogP contribution in [0.2, 0.25) is 0 Å². The lowest BCUT2D eigenvalue weighted by atomic mass is 13.0. The first-order valence-corrected chi connectivity index (χ1v) is 4.90. The van der Waals surface area contributed by atoms with Crippen LogP contribution in [0.15, 0.2) is 9.04 Å². The zero-order valence-electron chi connectivity index (χ0n) is 5.54. The quantitative estimate of drug-likeness (QED) is 0.376. The summed E-state index contributed by atoms with van der Waals surface area (Å²) in [5, 5.41) is 0. The molecule has 0 rings (SSSR count). The number of azide groups is 2. The van der Waals surface area contributed by atoms with Crippen molar-refractivity contribution in [3.63, 3.8) is 0 Å². The molecule has 0 saturated heterocycles. The maximum atomic E-state index is 10.3. The standard InChI is InChI=1S/N6O5S2/c1-3-5-12(7,8)11-13(9,10)6-4-2. The van der Waals surface area contributed by atoms with E-state index in [4.69, 9.17) is 11.1 Å². The molecule has 13 heteroatoms. The SMILES string of the molecule is [N-]=[N+]=NS(=O)(=O)OS(=O)(=O)N=[N+]=[N-]. The zero-order chi connectivity index (χ0) is 10.5. The highest BCUT2D eigenvalue weighted by molar-refractivity contribution is 7.98. The van der Waals surface area contributed by atoms with E-state index in [1.54, 1.807) is 9.82 Å². The summed E-state index contributed by atoms with van der Waals surface area (Å²) in [5.74, 6) is 0. The van der Waals surface area contributed by atoms with Crippen LogP contribution < -0.4 is 0 Å². The van der Waals surface area contributed by atoms with Crippen molar-refractivity contribution in [3.05, 3.63) is 20.9 Å². The molecule has 0 atom stereocenters. The fraction of sp³-hybridized carbons (Fsp3) is 0. The molecule has 0 radical (unpaired) electrons. The van der Waals surface area contributed by atoms with E-state index in [1.165, 1.54) is 0 Å². The van der Waals surface area contributed by atoms with E-state index >= 15 is 0 Å². The van der Waals surface area contributed by atoms with Gasteiger partial charge in [-0.25, -0.2) is 0 Å². The van der Waals surface area contributed by atoms with Crippen molar-refractivity contribution in [2.75, 3.05) is 0 Å². The summed E-state index contributed by atoms with van der Waals surface area (Å²) in [6, 6.07) is 0. The Balaban J connectivity index is 5.06. The Morgan fingerprint density at radius 3 is 1.46 bits per heavy atom. The molecule has 0 bridgehead atoms. The van der Waals surface area contributed by atoms with Crippen LogP contribution in [0.4, 0.5) is 0 Å². The topological polar surface area (TPSA) is 175 Å². The molecule has 0 N–H and O–H groups in total. The van der Waals surface area contributed by atoms with Gasteiger partial charge in [0.1, 0.15) is 0 Å². The molecule has 0 fully saturated rings. The van der Waals surface area contributed by atoms with E-state index in [0.717, 1.165) is 0 Å². The van der Waals surface area contributed by atoms with E-state index < -0.39 is 20.6 Å². The van der Waals surface area contributed by atoms with Crippen LogP contribution in [0.3, 0.4) is 0 Å². The van der Waals surface area contributed by atoms with Gasteiger partial charge in [-0.2, -0.15) is 16.8 Å². The molecule has 0 aromatic carbocycles. The lowest BCUT2D eigenvalue weighted by Crippen LogP contribution is -2.07. The molecular formula is N6O5S2. The maximum Gasteiger partial charge on any atom is 0.373 e. The van der Waals surface area contributed by atoms with E-state index in [-0.39, 0.29) is 0 Å². The average Bonchev–Trinajstić information content (AvgIpc) is 1.82. The van der Waals surface area contributed by atoms with E-state index in [9.17, 15) is 16.8 Å². The highest BCUT2D eigenvalue weighted by Crippen LogP contribution is 2.04. The van der Waals surface area contributed by atoms with E-state index in [1.807, 2.05) is 9.04 Å². The van der Waals surface area contributed by atoms with Gasteiger partial charge in [-0.1, -0.05) is 0 Å². The maximum absolute atomic E-state index is 10.3. The third-order valence-corrected chi connectivity index (χ3v) is 2.37. The fourth-order valence-corrected chi connectivity index (χ4v) is 1.49. The first-order chi connectivity index (χ1) is 5.83. The number of hydrogen-bond donors (Lipinski definition) is 0. The molecular weight excluding hydrogens is 228 g/mol. The molecule has 11 nitrogen and oxygen atoms in total. The predicted molar refractivity (Wildman–Crippen MR) is 37.2 cm³/mol. The number of rotatable bonds is 4. The molecule has 0 aliphatic carbocycles. The highest BCUT2D eigenvalue weighted by atomic mass is 32.3. The third-order valence-electron chi connectivity index (χ3n) is 0.445. The minimum Gasteiger partial charge on any atom is -0.190 e. The molecule has 13 heavy (non-hydrogen) atoms. The average molecular weight is 228 g/mol. The Morgan fingerprint density at radius 2 is 1.23 bits per heavy atom. The minimum atomic E-state index is -4.96. The first-order valence-electron chi connectivity index (χ1n) is 2.17. The molecule has 0 saturated carbocycles. The monoisotopic (exact) mass is 228 g/mol. The molecule has 0 unspecified atom stereocenters. The molecule has 0 amide bonds. The van der Waals surface area contributed by atoms with Gasteiger partial charge < -0.3 is 0 Å². The normalized spacial score (nSPS) is 11.1. The van der Waals surface area contributed by atoms with Gasteiger partial charge in [0.2, 0.25) is 0 Å². The molecule has 0 aromatic rings. The van der Waals surface area contributed by atoms with Crippen LogP contribution in [-0.4, -0.2) is 16.8 Å². The number of hydrogen-bond acceptors (Lipinski definition) is 5. The second kappa shape index (κ2) is 3.93. The summed E-state index contributed by atoms with van der Waals surface area (Å²) in [4.78, 5) is 3.53. The van der Waals surface area contributed by atoms with Crippen molar-refractivity contribution in [2.24, 2.45) is 9.04 Å². The van der Waals surface area contributed by atoms with Gasteiger partial charge in [-0.15, -0.1) is 3.63 Å². The molecule has 72 valence electrons. The highest BCUT2D eigenvalue weighted by Gasteiger charge is 2.19. The Kier molecular flexibility index (Phi) is 3.47. The molecule has 0 spiro atoms. The smallest absolute Gasteiger partial charge is 0.190 e. The Labute approximate surface area is 71.7 Å². The lowest BCUT2D eigenvalue weighted by molar-refractivity contribution is 0.463. The van der Waals surface area contributed by atoms with Crippen LogP contribution in [-0.2, 0) is 24.2 Å². The van der Waals surface area contributed by atoms with Crippen molar-refractivity contribution in [1.82, 2.24) is 0 Å². The molecule has 0 heterocycles. The summed E-state index contributed by atoms with van der Waals surface area (Å²) in [5.41, 5.74) is 15.3. The third kappa shape index (κ3) is 4.84. The van der Waals surface area contributed by atoms with E-state index in [0.29, 0.717) is 0 Å². The fourth-order valence-electron chi connectivity index (χ4n) is 0.225. The Hall–Kier alpha value is -1.52. The van der Waals surface area contributed by atoms with Gasteiger partial charge in [0.25, 0.3) is 0 Å². The van der Waals surface area contributed by atoms with Gasteiger partial charge in [-0.05, 0) is 11.1 Å². The largest absolute Gasteiger partial charge is 0.373 e. The number of nitrogens with zero attached hydrogens (tertiary/aromatic N) is 6. The second-order valence-corrected chi connectivity index (χ2v) is 3.85. The zero-order valence-corrected chi connectivity index (χ0v) is 7.17. The van der Waals surface area contributed by atoms with Crippen molar-refractivity contribution < 1.29 is 20.5 Å². The lowest BCUT2D eigenvalue weighted by Gasteiger charge is -1.92. The molecule has 0 aliphatic heterocycles. The van der Waals surface area contributed by atoms with Crippen LogP contribution >= 0.6 is 0 Å². The second-order valence-electron chi connectivity index (χ2n) is 1.27. The van der Waals surface area contributed by atoms with Gasteiger partial charge >= 0.3 is 20.6 Å². The summed E-state index contributed by atoms with van der Waals surface area (Å²) >= 11 is 0. The Morgan fingerprint density at radius 1 is 0.923 bits per heavy atom. The van der Waals surface area contributed by atoms with Crippen molar-refractivity contribution in [2.45, 2.75) is 0 Å². The van der Waals surface area contributed by atoms with Crippen molar-refractivity contribution >= 4 is 20.6 Å². The Bertz CT molecular complexity index is 423.